The lowest BCUT2D eigenvalue weighted by molar-refractivity contribution is -0.157. The summed E-state index contributed by atoms with van der Waals surface area (Å²) < 4.78 is 20.7. The fourth-order valence-corrected chi connectivity index (χ4v) is 4.59. The molecular formula is C23H24FNO2. The minimum Gasteiger partial charge on any atom is -0.368 e. The number of carbonyl (C=O) groups excluding carboxylic acids is 1. The fourth-order valence-electron chi connectivity index (χ4n) is 4.59. The number of ether oxygens (including phenoxy) is 1. The van der Waals surface area contributed by atoms with Crippen LogP contribution in [0.1, 0.15) is 31.2 Å². The summed E-state index contributed by atoms with van der Waals surface area (Å²) in [5, 5.41) is 0. The molecule has 27 heavy (non-hydrogen) atoms. The van der Waals surface area contributed by atoms with Crippen molar-refractivity contribution in [1.29, 1.82) is 0 Å². The molecule has 2 aliphatic heterocycles. The molecule has 2 saturated heterocycles. The summed E-state index contributed by atoms with van der Waals surface area (Å²) in [7, 11) is 0. The average Bonchev–Trinajstić information content (AvgIpc) is 3.29. The SMILES string of the molecule is O=C([C@H]1CCO1)N1CC2(CC2)C[C@@H]1Cc1cccc(-c2ccccc2)c1F. The summed E-state index contributed by atoms with van der Waals surface area (Å²) in [5.74, 6) is -0.0533. The van der Waals surface area contributed by atoms with Crippen LogP contribution in [0, 0.1) is 11.2 Å². The Morgan fingerprint density at radius 3 is 2.59 bits per heavy atom. The van der Waals surface area contributed by atoms with Gasteiger partial charge in [-0.05, 0) is 42.2 Å². The van der Waals surface area contributed by atoms with Gasteiger partial charge in [0.1, 0.15) is 11.9 Å². The first kappa shape index (κ1) is 16.9. The van der Waals surface area contributed by atoms with E-state index in [1.54, 1.807) is 0 Å². The van der Waals surface area contributed by atoms with Gasteiger partial charge < -0.3 is 9.64 Å². The first-order valence-corrected chi connectivity index (χ1v) is 9.90. The van der Waals surface area contributed by atoms with Crippen LogP contribution in [0.25, 0.3) is 11.1 Å². The fraction of sp³-hybridized carbons (Fsp3) is 0.435. The summed E-state index contributed by atoms with van der Waals surface area (Å²) in [6.07, 6.45) is 4.47. The quantitative estimate of drug-likeness (QED) is 0.812. The van der Waals surface area contributed by atoms with Gasteiger partial charge in [-0.1, -0.05) is 48.5 Å². The standard InChI is InChI=1S/C23H24FNO2/c24-21-17(7-4-8-19(21)16-5-2-1-3-6-16)13-18-14-23(10-11-23)15-25(18)22(26)20-9-12-27-20/h1-8,18,20H,9-15H2/t18-,20+/m0/s1. The number of carbonyl (C=O) groups is 1. The van der Waals surface area contributed by atoms with Gasteiger partial charge in [0.05, 0.1) is 6.61 Å². The number of likely N-dealkylation sites (tertiary alicyclic amines) is 1. The van der Waals surface area contributed by atoms with Crippen molar-refractivity contribution in [2.24, 2.45) is 5.41 Å². The second-order valence-electron chi connectivity index (χ2n) is 8.32. The van der Waals surface area contributed by atoms with Crippen molar-refractivity contribution < 1.29 is 13.9 Å². The molecule has 1 aliphatic carbocycles. The van der Waals surface area contributed by atoms with Crippen LogP contribution >= 0.6 is 0 Å². The predicted molar refractivity (Wildman–Crippen MR) is 102 cm³/mol. The van der Waals surface area contributed by atoms with E-state index < -0.39 is 0 Å². The highest BCUT2D eigenvalue weighted by atomic mass is 19.1. The number of amides is 1. The molecule has 5 rings (SSSR count). The van der Waals surface area contributed by atoms with Gasteiger partial charge in [-0.3, -0.25) is 4.79 Å². The number of rotatable bonds is 4. The molecule has 0 unspecified atom stereocenters. The second-order valence-corrected chi connectivity index (χ2v) is 8.32. The third-order valence-electron chi connectivity index (χ3n) is 6.45. The van der Waals surface area contributed by atoms with E-state index in [4.69, 9.17) is 4.74 Å². The van der Waals surface area contributed by atoms with E-state index in [0.29, 0.717) is 24.2 Å². The normalized spacial score (nSPS) is 25.4. The van der Waals surface area contributed by atoms with Gasteiger partial charge in [0.15, 0.2) is 0 Å². The largest absolute Gasteiger partial charge is 0.368 e. The Labute approximate surface area is 159 Å². The predicted octanol–water partition coefficient (Wildman–Crippen LogP) is 4.21. The zero-order valence-electron chi connectivity index (χ0n) is 15.4. The average molecular weight is 365 g/mol. The van der Waals surface area contributed by atoms with Crippen LogP contribution in [0.15, 0.2) is 48.5 Å². The van der Waals surface area contributed by atoms with Crippen molar-refractivity contribution in [3.05, 3.63) is 59.9 Å². The van der Waals surface area contributed by atoms with E-state index >= 15 is 4.39 Å². The molecule has 1 saturated carbocycles. The zero-order valence-corrected chi connectivity index (χ0v) is 15.4. The van der Waals surface area contributed by atoms with Crippen LogP contribution in [-0.2, 0) is 16.0 Å². The van der Waals surface area contributed by atoms with E-state index in [-0.39, 0.29) is 29.3 Å². The van der Waals surface area contributed by atoms with Gasteiger partial charge in [0, 0.05) is 24.6 Å². The first-order chi connectivity index (χ1) is 13.2. The van der Waals surface area contributed by atoms with Gasteiger partial charge in [-0.15, -0.1) is 0 Å². The monoisotopic (exact) mass is 365 g/mol. The molecule has 0 bridgehead atoms. The molecule has 3 nitrogen and oxygen atoms in total. The Kier molecular flexibility index (Phi) is 4.05. The third-order valence-corrected chi connectivity index (χ3v) is 6.45. The Morgan fingerprint density at radius 1 is 1.15 bits per heavy atom. The number of benzene rings is 2. The van der Waals surface area contributed by atoms with Crippen LogP contribution in [0.3, 0.4) is 0 Å². The summed E-state index contributed by atoms with van der Waals surface area (Å²) >= 11 is 0. The van der Waals surface area contributed by atoms with Gasteiger partial charge in [0.2, 0.25) is 0 Å². The molecule has 2 aromatic rings. The number of hydrogen-bond donors (Lipinski definition) is 0. The van der Waals surface area contributed by atoms with Crippen molar-refractivity contribution in [3.63, 3.8) is 0 Å². The molecule has 0 N–H and O–H groups in total. The van der Waals surface area contributed by atoms with Crippen LogP contribution < -0.4 is 0 Å². The van der Waals surface area contributed by atoms with Crippen LogP contribution in [-0.4, -0.2) is 36.1 Å². The lowest BCUT2D eigenvalue weighted by atomic mass is 9.95. The highest BCUT2D eigenvalue weighted by Crippen LogP contribution is 2.55. The van der Waals surface area contributed by atoms with Crippen LogP contribution in [0.5, 0.6) is 0 Å². The molecule has 3 aliphatic rings. The van der Waals surface area contributed by atoms with E-state index in [9.17, 15) is 4.79 Å². The summed E-state index contributed by atoms with van der Waals surface area (Å²) in [4.78, 5) is 14.8. The lowest BCUT2D eigenvalue weighted by Gasteiger charge is -2.33. The molecular weight excluding hydrogens is 341 g/mol. The topological polar surface area (TPSA) is 29.5 Å². The van der Waals surface area contributed by atoms with Gasteiger partial charge in [-0.2, -0.15) is 0 Å². The Morgan fingerprint density at radius 2 is 1.93 bits per heavy atom. The van der Waals surface area contributed by atoms with Crippen molar-refractivity contribution >= 4 is 5.91 Å². The number of halogens is 1. The smallest absolute Gasteiger partial charge is 0.252 e. The molecule has 4 heteroatoms. The molecule has 1 spiro atoms. The van der Waals surface area contributed by atoms with Crippen molar-refractivity contribution in [3.8, 4) is 11.1 Å². The maximum absolute atomic E-state index is 15.3. The van der Waals surface area contributed by atoms with E-state index in [1.165, 1.54) is 12.8 Å². The van der Waals surface area contributed by atoms with Gasteiger partial charge >= 0.3 is 0 Å². The molecule has 140 valence electrons. The first-order valence-electron chi connectivity index (χ1n) is 9.90. The van der Waals surface area contributed by atoms with Crippen molar-refractivity contribution in [2.45, 2.75) is 44.2 Å². The molecule has 0 radical (unpaired) electrons. The minimum absolute atomic E-state index is 0.0738. The minimum atomic E-state index is -0.276. The highest BCUT2D eigenvalue weighted by molar-refractivity contribution is 5.82. The molecule has 0 aromatic heterocycles. The summed E-state index contributed by atoms with van der Waals surface area (Å²) in [6, 6.07) is 15.3. The number of nitrogens with zero attached hydrogens (tertiary/aromatic N) is 1. The second kappa shape index (κ2) is 6.45. The highest BCUT2D eigenvalue weighted by Gasteiger charge is 2.54. The zero-order chi connectivity index (χ0) is 18.4. The number of hydrogen-bond acceptors (Lipinski definition) is 2. The van der Waals surface area contributed by atoms with E-state index in [2.05, 4.69) is 0 Å². The van der Waals surface area contributed by atoms with Crippen molar-refractivity contribution in [2.75, 3.05) is 13.2 Å². The molecule has 2 aromatic carbocycles. The maximum Gasteiger partial charge on any atom is 0.252 e. The molecule has 2 heterocycles. The summed E-state index contributed by atoms with van der Waals surface area (Å²) in [6.45, 7) is 1.49. The van der Waals surface area contributed by atoms with E-state index in [1.807, 2.05) is 53.4 Å². The Balaban J connectivity index is 1.41. The van der Waals surface area contributed by atoms with E-state index in [0.717, 1.165) is 24.9 Å². The Bertz CT molecular complexity index is 858. The molecule has 1 amide bonds. The van der Waals surface area contributed by atoms with Crippen LogP contribution in [0.4, 0.5) is 4.39 Å². The van der Waals surface area contributed by atoms with Crippen molar-refractivity contribution in [1.82, 2.24) is 4.90 Å². The molecule has 3 fully saturated rings. The Hall–Kier alpha value is -2.20. The maximum atomic E-state index is 15.3. The lowest BCUT2D eigenvalue weighted by Crippen LogP contribution is -2.48. The molecule has 2 atom stereocenters. The third kappa shape index (κ3) is 3.06. The summed E-state index contributed by atoms with van der Waals surface area (Å²) in [5.41, 5.74) is 2.51. The van der Waals surface area contributed by atoms with Gasteiger partial charge in [0.25, 0.3) is 5.91 Å². The van der Waals surface area contributed by atoms with Crippen LogP contribution in [0.2, 0.25) is 0 Å². The van der Waals surface area contributed by atoms with Gasteiger partial charge in [-0.25, -0.2) is 4.39 Å².